The van der Waals surface area contributed by atoms with Crippen LogP contribution in [0.25, 0.3) is 6.08 Å². The highest BCUT2D eigenvalue weighted by Crippen LogP contribution is 2.60. The number of benzene rings is 1. The molecule has 1 heterocycles. The first-order valence-electron chi connectivity index (χ1n) is 7.81. The van der Waals surface area contributed by atoms with Crippen molar-refractivity contribution in [1.29, 1.82) is 0 Å². The Morgan fingerprint density at radius 2 is 1.96 bits per heavy atom. The minimum absolute atomic E-state index is 0.0418. The van der Waals surface area contributed by atoms with Gasteiger partial charge in [-0.3, -0.25) is 9.59 Å². The van der Waals surface area contributed by atoms with Gasteiger partial charge in [-0.1, -0.05) is 49.2 Å². The monoisotopic (exact) mass is 410 g/mol. The normalized spacial score (nSPS) is 25.0. The number of amides is 1. The van der Waals surface area contributed by atoms with Crippen LogP contribution in [0.2, 0.25) is 0 Å². The third-order valence-corrected chi connectivity index (χ3v) is 5.57. The van der Waals surface area contributed by atoms with Gasteiger partial charge in [-0.05, 0) is 52.9 Å². The largest absolute Gasteiger partial charge is 0.426 e. The molecule has 1 aromatic carbocycles. The molecule has 26 heavy (non-hydrogen) atoms. The summed E-state index contributed by atoms with van der Waals surface area (Å²) in [5, 5.41) is 0.236. The molecule has 0 bridgehead atoms. The molecule has 1 aliphatic heterocycles. The maximum atomic E-state index is 12.4. The fraction of sp³-hybridized carbons (Fsp3) is 0.278. The van der Waals surface area contributed by atoms with Gasteiger partial charge in [-0.2, -0.15) is 4.99 Å². The van der Waals surface area contributed by atoms with E-state index in [1.54, 1.807) is 36.4 Å². The average Bonchev–Trinajstić information content (AvgIpc) is 2.91. The molecular formula is C18H16Cl2N2O3S. The van der Waals surface area contributed by atoms with Gasteiger partial charge in [0.1, 0.15) is 10.2 Å². The van der Waals surface area contributed by atoms with Gasteiger partial charge in [-0.15, -0.1) is 0 Å². The maximum Gasteiger partial charge on any atom is 0.315 e. The number of allylic oxidation sites excluding steroid dienone is 1. The van der Waals surface area contributed by atoms with Crippen LogP contribution in [-0.4, -0.2) is 17.0 Å². The molecule has 0 spiro atoms. The lowest BCUT2D eigenvalue weighted by atomic mass is 10.1. The van der Waals surface area contributed by atoms with Crippen molar-refractivity contribution in [1.82, 2.24) is 0 Å². The number of halogens is 2. The van der Waals surface area contributed by atoms with Crippen LogP contribution in [0.3, 0.4) is 0 Å². The van der Waals surface area contributed by atoms with Crippen LogP contribution in [0.1, 0.15) is 19.4 Å². The first kappa shape index (κ1) is 19.0. The molecule has 5 nitrogen and oxygen atoms in total. The first-order chi connectivity index (χ1) is 12.2. The van der Waals surface area contributed by atoms with Crippen LogP contribution in [0, 0.1) is 17.3 Å². The van der Waals surface area contributed by atoms with E-state index in [1.165, 1.54) is 0 Å². The molecule has 2 N–H and O–H groups in total. The topological polar surface area (TPSA) is 81.8 Å². The van der Waals surface area contributed by atoms with E-state index < -0.39 is 0 Å². The number of carbonyl (C=O) groups excluding carboxylic acids is 2. The van der Waals surface area contributed by atoms with Crippen molar-refractivity contribution < 1.29 is 14.3 Å². The van der Waals surface area contributed by atoms with E-state index in [1.807, 2.05) is 13.8 Å². The Morgan fingerprint density at radius 3 is 2.50 bits per heavy atom. The number of aliphatic imine (C=N–C) groups is 1. The highest BCUT2D eigenvalue weighted by molar-refractivity contribution is 8.18. The predicted molar refractivity (Wildman–Crippen MR) is 105 cm³/mol. The molecule has 3 rings (SSSR count). The molecule has 1 saturated carbocycles. The molecule has 1 aromatic rings. The second kappa shape index (κ2) is 7.10. The van der Waals surface area contributed by atoms with E-state index in [2.05, 4.69) is 4.99 Å². The Hall–Kier alpha value is -1.76. The van der Waals surface area contributed by atoms with Gasteiger partial charge in [0, 0.05) is 0 Å². The van der Waals surface area contributed by atoms with Crippen molar-refractivity contribution >= 4 is 58.1 Å². The molecule has 2 aliphatic rings. The van der Waals surface area contributed by atoms with Gasteiger partial charge >= 0.3 is 5.97 Å². The fourth-order valence-electron chi connectivity index (χ4n) is 2.96. The Kier molecular flexibility index (Phi) is 5.19. The van der Waals surface area contributed by atoms with Crippen molar-refractivity contribution in [3.05, 3.63) is 45.3 Å². The first-order valence-corrected chi connectivity index (χ1v) is 9.38. The quantitative estimate of drug-likeness (QED) is 0.458. The number of ether oxygens (including phenoxy) is 1. The smallest absolute Gasteiger partial charge is 0.315 e. The Balaban J connectivity index is 1.65. The number of thioether (sulfide) groups is 1. The second-order valence-electron chi connectivity index (χ2n) is 6.64. The minimum atomic E-state index is -0.351. The predicted octanol–water partition coefficient (Wildman–Crippen LogP) is 4.11. The number of carbonyl (C=O) groups is 2. The second-order valence-corrected chi connectivity index (χ2v) is 8.71. The van der Waals surface area contributed by atoms with E-state index >= 15 is 0 Å². The number of rotatable bonds is 4. The third-order valence-electron chi connectivity index (χ3n) is 4.50. The van der Waals surface area contributed by atoms with Crippen LogP contribution in [-0.2, 0) is 9.59 Å². The van der Waals surface area contributed by atoms with E-state index in [9.17, 15) is 9.59 Å². The Morgan fingerprint density at radius 1 is 1.31 bits per heavy atom. The molecular weight excluding hydrogens is 395 g/mol. The van der Waals surface area contributed by atoms with Gasteiger partial charge in [-0.25, -0.2) is 0 Å². The highest BCUT2D eigenvalue weighted by Gasteiger charge is 2.61. The van der Waals surface area contributed by atoms with Crippen LogP contribution in [0.4, 0.5) is 0 Å². The zero-order chi connectivity index (χ0) is 19.1. The summed E-state index contributed by atoms with van der Waals surface area (Å²) in [5.41, 5.74) is 6.06. The lowest BCUT2D eigenvalue weighted by molar-refractivity contribution is -0.136. The van der Waals surface area contributed by atoms with Crippen LogP contribution < -0.4 is 10.5 Å². The average molecular weight is 411 g/mol. The number of hydrogen-bond donors (Lipinski definition) is 1. The molecule has 1 amide bonds. The number of nitrogens with two attached hydrogens (primary N) is 1. The zero-order valence-electron chi connectivity index (χ0n) is 14.0. The fourth-order valence-corrected chi connectivity index (χ4v) is 3.92. The number of nitrogens with zero attached hydrogens (tertiary/aromatic N) is 1. The lowest BCUT2D eigenvalue weighted by Gasteiger charge is -2.05. The molecule has 136 valence electrons. The van der Waals surface area contributed by atoms with Crippen LogP contribution in [0.15, 0.2) is 44.7 Å². The van der Waals surface area contributed by atoms with Crippen LogP contribution >= 0.6 is 35.0 Å². The van der Waals surface area contributed by atoms with Crippen molar-refractivity contribution in [2.45, 2.75) is 13.8 Å². The summed E-state index contributed by atoms with van der Waals surface area (Å²) >= 11 is 12.5. The molecule has 2 atom stereocenters. The summed E-state index contributed by atoms with van der Waals surface area (Å²) in [7, 11) is 0. The number of amidine groups is 1. The molecule has 1 fully saturated rings. The van der Waals surface area contributed by atoms with Gasteiger partial charge in [0.15, 0.2) is 5.17 Å². The van der Waals surface area contributed by atoms with E-state index in [-0.39, 0.29) is 38.8 Å². The van der Waals surface area contributed by atoms with E-state index in [0.717, 1.165) is 17.3 Å². The summed E-state index contributed by atoms with van der Waals surface area (Å²) in [6, 6.07) is 6.85. The van der Waals surface area contributed by atoms with Gasteiger partial charge in [0.2, 0.25) is 0 Å². The SMILES string of the molecule is CC1(C)C(C=C(Cl)Cl)C1C(=O)Oc1ccc(/C=C2/SC(N)=NC2=O)cc1. The van der Waals surface area contributed by atoms with Gasteiger partial charge in [0.05, 0.1) is 10.8 Å². The molecule has 0 radical (unpaired) electrons. The minimum Gasteiger partial charge on any atom is -0.426 e. The highest BCUT2D eigenvalue weighted by atomic mass is 35.5. The van der Waals surface area contributed by atoms with Gasteiger partial charge < -0.3 is 10.5 Å². The summed E-state index contributed by atoms with van der Waals surface area (Å²) in [5.74, 6) is -0.569. The maximum absolute atomic E-state index is 12.4. The third kappa shape index (κ3) is 3.98. The van der Waals surface area contributed by atoms with Crippen molar-refractivity contribution in [2.75, 3.05) is 0 Å². The molecule has 0 aromatic heterocycles. The summed E-state index contributed by atoms with van der Waals surface area (Å²) in [6.07, 6.45) is 3.36. The van der Waals surface area contributed by atoms with Crippen molar-refractivity contribution in [3.63, 3.8) is 0 Å². The van der Waals surface area contributed by atoms with Crippen molar-refractivity contribution in [3.8, 4) is 5.75 Å². The summed E-state index contributed by atoms with van der Waals surface area (Å²) in [6.45, 7) is 3.94. The van der Waals surface area contributed by atoms with E-state index in [0.29, 0.717) is 10.7 Å². The summed E-state index contributed by atoms with van der Waals surface area (Å²) < 4.78 is 5.61. The van der Waals surface area contributed by atoms with Crippen LogP contribution in [0.5, 0.6) is 5.75 Å². The van der Waals surface area contributed by atoms with E-state index in [4.69, 9.17) is 33.7 Å². The Labute approximate surface area is 165 Å². The lowest BCUT2D eigenvalue weighted by Crippen LogP contribution is -2.13. The molecule has 2 unspecified atom stereocenters. The molecule has 0 saturated heterocycles. The zero-order valence-corrected chi connectivity index (χ0v) is 16.4. The van der Waals surface area contributed by atoms with Crippen molar-refractivity contribution in [2.24, 2.45) is 28.0 Å². The summed E-state index contributed by atoms with van der Waals surface area (Å²) in [4.78, 5) is 28.1. The number of hydrogen-bond acceptors (Lipinski definition) is 5. The molecule has 8 heteroatoms. The number of esters is 1. The van der Waals surface area contributed by atoms with Gasteiger partial charge in [0.25, 0.3) is 5.91 Å². The standard InChI is InChI=1S/C18H16Cl2N2O3S/c1-18(2)11(8-13(19)20)14(18)16(24)25-10-5-3-9(4-6-10)7-12-15(23)22-17(21)26-12/h3-8,11,14H,1-2H3,(H2,21,22,23)/b12-7+. The molecule has 1 aliphatic carbocycles. The Bertz CT molecular complexity index is 856.